The Morgan fingerprint density at radius 2 is 1.81 bits per heavy atom. The van der Waals surface area contributed by atoms with E-state index in [2.05, 4.69) is 10.2 Å². The van der Waals surface area contributed by atoms with E-state index < -0.39 is 10.0 Å². The topological polar surface area (TPSA) is 52.7 Å². The van der Waals surface area contributed by atoms with Gasteiger partial charge in [0.05, 0.1) is 4.90 Å². The molecule has 1 aromatic carbocycles. The molecule has 2 aliphatic rings. The number of hydrogen-bond acceptors (Lipinski definition) is 4. The van der Waals surface area contributed by atoms with Crippen LogP contribution in [0.1, 0.15) is 12.8 Å². The second-order valence-corrected chi connectivity index (χ2v) is 8.35. The minimum atomic E-state index is -3.34. The maximum absolute atomic E-state index is 12.0. The Kier molecular flexibility index (Phi) is 3.94. The van der Waals surface area contributed by atoms with Gasteiger partial charge in [-0.2, -0.15) is 0 Å². The van der Waals surface area contributed by atoms with Gasteiger partial charge in [0, 0.05) is 38.9 Å². The van der Waals surface area contributed by atoms with E-state index in [4.69, 9.17) is 0 Å². The van der Waals surface area contributed by atoms with Gasteiger partial charge >= 0.3 is 0 Å². The van der Waals surface area contributed by atoms with Gasteiger partial charge in [0.25, 0.3) is 0 Å². The third-order valence-corrected chi connectivity index (χ3v) is 6.45. The number of rotatable bonds is 4. The van der Waals surface area contributed by atoms with E-state index >= 15 is 0 Å². The van der Waals surface area contributed by atoms with Gasteiger partial charge in [0.1, 0.15) is 0 Å². The predicted octanol–water partition coefficient (Wildman–Crippen LogP) is 1.44. The Balaban J connectivity index is 1.70. The fraction of sp³-hybridized carbons (Fsp3) is 0.600. The monoisotopic (exact) mass is 309 g/mol. The molecule has 2 bridgehead atoms. The number of anilines is 1. The van der Waals surface area contributed by atoms with Crippen LogP contribution in [-0.2, 0) is 10.0 Å². The molecule has 3 atom stereocenters. The molecule has 0 amide bonds. The summed E-state index contributed by atoms with van der Waals surface area (Å²) < 4.78 is 25.3. The average Bonchev–Trinajstić information content (AvgIpc) is 2.85. The molecule has 3 unspecified atom stereocenters. The fourth-order valence-corrected chi connectivity index (χ4v) is 4.19. The van der Waals surface area contributed by atoms with E-state index in [1.807, 2.05) is 12.1 Å². The molecule has 2 fully saturated rings. The zero-order chi connectivity index (χ0) is 15.0. The molecule has 0 spiro atoms. The Bertz CT molecular complexity index is 598. The van der Waals surface area contributed by atoms with Crippen molar-refractivity contribution in [1.82, 2.24) is 9.21 Å². The minimum Gasteiger partial charge on any atom is -0.382 e. The molecule has 0 aromatic heterocycles. The van der Waals surface area contributed by atoms with Gasteiger partial charge in [-0.3, -0.25) is 0 Å². The van der Waals surface area contributed by atoms with Crippen molar-refractivity contribution in [2.75, 3.05) is 39.0 Å². The van der Waals surface area contributed by atoms with Crippen molar-refractivity contribution in [3.63, 3.8) is 0 Å². The summed E-state index contributed by atoms with van der Waals surface area (Å²) in [6, 6.07) is 7.62. The number of benzene rings is 1. The number of piperidine rings is 1. The number of sulfonamides is 1. The van der Waals surface area contributed by atoms with Crippen LogP contribution in [0.15, 0.2) is 29.2 Å². The van der Waals surface area contributed by atoms with Gasteiger partial charge in [-0.15, -0.1) is 0 Å². The fourth-order valence-electron chi connectivity index (χ4n) is 3.29. The van der Waals surface area contributed by atoms with E-state index in [0.29, 0.717) is 10.9 Å². The van der Waals surface area contributed by atoms with E-state index in [1.54, 1.807) is 26.2 Å². The summed E-state index contributed by atoms with van der Waals surface area (Å²) in [6.07, 6.45) is 2.44. The van der Waals surface area contributed by atoms with Gasteiger partial charge in [-0.05, 0) is 49.6 Å². The molecule has 116 valence electrons. The van der Waals surface area contributed by atoms with Gasteiger partial charge in [0.2, 0.25) is 10.0 Å². The van der Waals surface area contributed by atoms with Crippen LogP contribution in [0.2, 0.25) is 0 Å². The smallest absolute Gasteiger partial charge is 0.242 e. The van der Waals surface area contributed by atoms with E-state index in [1.165, 1.54) is 36.8 Å². The molecule has 2 saturated heterocycles. The van der Waals surface area contributed by atoms with Crippen molar-refractivity contribution in [3.05, 3.63) is 24.3 Å². The Labute approximate surface area is 127 Å². The largest absolute Gasteiger partial charge is 0.382 e. The summed E-state index contributed by atoms with van der Waals surface area (Å²) in [5.41, 5.74) is 1.01. The number of nitrogens with one attached hydrogen (secondary N) is 1. The van der Waals surface area contributed by atoms with Crippen molar-refractivity contribution < 1.29 is 8.42 Å². The van der Waals surface area contributed by atoms with E-state index in [9.17, 15) is 8.42 Å². The average molecular weight is 309 g/mol. The van der Waals surface area contributed by atoms with E-state index in [0.717, 1.165) is 11.6 Å². The highest BCUT2D eigenvalue weighted by Crippen LogP contribution is 2.29. The van der Waals surface area contributed by atoms with Crippen LogP contribution >= 0.6 is 0 Å². The van der Waals surface area contributed by atoms with Crippen LogP contribution in [0.3, 0.4) is 0 Å². The standard InChI is InChI=1S/C15H23N3O2S/c1-17(2)21(19,20)14-5-3-13(4-6-14)16-15-8-10-18-9-7-12(15)11-18/h3-6,12,15-16H,7-11H2,1-2H3. The summed E-state index contributed by atoms with van der Waals surface area (Å²) in [6.45, 7) is 3.59. The molecule has 0 saturated carbocycles. The first-order valence-electron chi connectivity index (χ1n) is 7.48. The molecule has 6 heteroatoms. The van der Waals surface area contributed by atoms with Crippen LogP contribution in [-0.4, -0.2) is 57.4 Å². The summed E-state index contributed by atoms with van der Waals surface area (Å²) >= 11 is 0. The second kappa shape index (κ2) is 5.59. The van der Waals surface area contributed by atoms with Crippen LogP contribution in [0, 0.1) is 5.92 Å². The van der Waals surface area contributed by atoms with Gasteiger partial charge in [0.15, 0.2) is 0 Å². The van der Waals surface area contributed by atoms with Gasteiger partial charge in [-0.1, -0.05) is 0 Å². The van der Waals surface area contributed by atoms with Crippen LogP contribution in [0.5, 0.6) is 0 Å². The lowest BCUT2D eigenvalue weighted by Gasteiger charge is -2.31. The van der Waals surface area contributed by atoms with E-state index in [-0.39, 0.29) is 0 Å². The molecule has 1 aromatic rings. The Morgan fingerprint density at radius 3 is 2.48 bits per heavy atom. The van der Waals surface area contributed by atoms with Crippen molar-refractivity contribution in [2.45, 2.75) is 23.8 Å². The highest BCUT2D eigenvalue weighted by molar-refractivity contribution is 7.89. The van der Waals surface area contributed by atoms with Gasteiger partial charge < -0.3 is 10.2 Å². The minimum absolute atomic E-state index is 0.341. The summed E-state index contributed by atoms with van der Waals surface area (Å²) in [7, 11) is -0.235. The van der Waals surface area contributed by atoms with Crippen molar-refractivity contribution >= 4 is 15.7 Å². The molecule has 2 aliphatic heterocycles. The lowest BCUT2D eigenvalue weighted by atomic mass is 9.94. The maximum atomic E-state index is 12.0. The summed E-state index contributed by atoms with van der Waals surface area (Å²) in [5, 5.41) is 3.58. The maximum Gasteiger partial charge on any atom is 0.242 e. The lowest BCUT2D eigenvalue weighted by molar-refractivity contribution is 0.255. The first-order valence-corrected chi connectivity index (χ1v) is 8.92. The second-order valence-electron chi connectivity index (χ2n) is 6.20. The molecule has 21 heavy (non-hydrogen) atoms. The SMILES string of the molecule is CN(C)S(=O)(=O)c1ccc(NC2CCN3CCC2C3)cc1. The summed E-state index contributed by atoms with van der Waals surface area (Å²) in [5.74, 6) is 0.726. The first-order chi connectivity index (χ1) is 9.96. The third kappa shape index (κ3) is 2.93. The van der Waals surface area contributed by atoms with Crippen LogP contribution < -0.4 is 5.32 Å². The lowest BCUT2D eigenvalue weighted by Crippen LogP contribution is -2.39. The first kappa shape index (κ1) is 14.8. The molecule has 3 rings (SSSR count). The molecule has 5 nitrogen and oxygen atoms in total. The Hall–Kier alpha value is -1.11. The zero-order valence-corrected chi connectivity index (χ0v) is 13.4. The van der Waals surface area contributed by atoms with Crippen molar-refractivity contribution in [3.8, 4) is 0 Å². The van der Waals surface area contributed by atoms with Crippen LogP contribution in [0.25, 0.3) is 0 Å². The molecule has 2 heterocycles. The highest BCUT2D eigenvalue weighted by atomic mass is 32.2. The zero-order valence-electron chi connectivity index (χ0n) is 12.6. The highest BCUT2D eigenvalue weighted by Gasteiger charge is 2.34. The van der Waals surface area contributed by atoms with Crippen LogP contribution in [0.4, 0.5) is 5.69 Å². The third-order valence-electron chi connectivity index (χ3n) is 4.62. The molecule has 0 radical (unpaired) electrons. The summed E-state index contributed by atoms with van der Waals surface area (Å²) in [4.78, 5) is 2.86. The van der Waals surface area contributed by atoms with Gasteiger partial charge in [-0.25, -0.2) is 12.7 Å². The number of fused-ring (bicyclic) bond motifs is 2. The molecule has 1 N–H and O–H groups in total. The predicted molar refractivity (Wildman–Crippen MR) is 83.9 cm³/mol. The number of nitrogens with zero attached hydrogens (tertiary/aromatic N) is 2. The van der Waals surface area contributed by atoms with Crippen molar-refractivity contribution in [2.24, 2.45) is 5.92 Å². The molecular formula is C15H23N3O2S. The quantitative estimate of drug-likeness (QED) is 0.914. The molecular weight excluding hydrogens is 286 g/mol. The Morgan fingerprint density at radius 1 is 1.14 bits per heavy atom. The normalized spacial score (nSPS) is 28.8. The van der Waals surface area contributed by atoms with Crippen molar-refractivity contribution in [1.29, 1.82) is 0 Å². The number of hydrogen-bond donors (Lipinski definition) is 1. The molecule has 0 aliphatic carbocycles.